The molecule has 4 rings (SSSR count). The van der Waals surface area contributed by atoms with Crippen molar-refractivity contribution in [2.75, 3.05) is 11.4 Å². The second-order valence-corrected chi connectivity index (χ2v) is 8.87. The van der Waals surface area contributed by atoms with Crippen molar-refractivity contribution >= 4 is 21.6 Å². The number of allylic oxidation sites excluding steroid dienone is 2. The summed E-state index contributed by atoms with van der Waals surface area (Å²) >= 11 is 3.67. The van der Waals surface area contributed by atoms with Crippen LogP contribution in [0.15, 0.2) is 76.9 Å². The van der Waals surface area contributed by atoms with Gasteiger partial charge in [0.25, 0.3) is 0 Å². The summed E-state index contributed by atoms with van der Waals surface area (Å²) in [4.78, 5) is 15.7. The van der Waals surface area contributed by atoms with E-state index in [0.717, 1.165) is 44.4 Å². The van der Waals surface area contributed by atoms with Crippen LogP contribution >= 0.6 is 15.9 Å². The quantitative estimate of drug-likeness (QED) is 0.399. The van der Waals surface area contributed by atoms with E-state index in [1.807, 2.05) is 31.2 Å². The molecule has 1 aliphatic heterocycles. The highest BCUT2D eigenvalue weighted by molar-refractivity contribution is 9.11. The van der Waals surface area contributed by atoms with Gasteiger partial charge in [0.15, 0.2) is 0 Å². The van der Waals surface area contributed by atoms with Gasteiger partial charge >= 0.3 is 0 Å². The van der Waals surface area contributed by atoms with Gasteiger partial charge in [0, 0.05) is 35.8 Å². The topological polar surface area (TPSA) is 51.1 Å². The number of anilines is 1. The minimum Gasteiger partial charge on any atom is -0.488 e. The predicted octanol–water partition coefficient (Wildman–Crippen LogP) is 6.35. The van der Waals surface area contributed by atoms with E-state index in [4.69, 9.17) is 4.74 Å². The zero-order valence-corrected chi connectivity index (χ0v) is 19.8. The van der Waals surface area contributed by atoms with Crippen LogP contribution in [-0.4, -0.2) is 21.5 Å². The molecule has 0 aliphatic carbocycles. The van der Waals surface area contributed by atoms with Gasteiger partial charge in [-0.15, -0.1) is 0 Å². The van der Waals surface area contributed by atoms with E-state index in [-0.39, 0.29) is 11.7 Å². The molecular formula is C25H24BrFN4O. The van der Waals surface area contributed by atoms with Crippen molar-refractivity contribution in [3.63, 3.8) is 0 Å². The van der Waals surface area contributed by atoms with Gasteiger partial charge in [0.1, 0.15) is 24.0 Å². The van der Waals surface area contributed by atoms with Crippen molar-refractivity contribution in [3.05, 3.63) is 94.1 Å². The molecule has 0 spiro atoms. The van der Waals surface area contributed by atoms with E-state index in [2.05, 4.69) is 49.6 Å². The minimum absolute atomic E-state index is 0.250. The summed E-state index contributed by atoms with van der Waals surface area (Å²) in [6.45, 7) is 7.20. The standard InChI is InChI=1S/C25H24BrFN4O/c1-16(2)25-29-11-9-22(30-25)23-13-20(8-10-28-23)31-14-21(26)24(12-17(31)3)32-15-18-4-6-19(27)7-5-18/h4-13,16H,14-15H2,1-3H3. The van der Waals surface area contributed by atoms with E-state index in [1.54, 1.807) is 24.5 Å². The average molecular weight is 495 g/mol. The Kier molecular flexibility index (Phi) is 6.65. The van der Waals surface area contributed by atoms with Crippen molar-refractivity contribution in [3.8, 4) is 11.4 Å². The highest BCUT2D eigenvalue weighted by Crippen LogP contribution is 2.31. The van der Waals surface area contributed by atoms with Crippen LogP contribution in [0.2, 0.25) is 0 Å². The summed E-state index contributed by atoms with van der Waals surface area (Å²) in [6, 6.07) is 12.2. The first-order valence-corrected chi connectivity index (χ1v) is 11.2. The molecule has 7 heteroatoms. The normalized spacial score (nSPS) is 14.1. The van der Waals surface area contributed by atoms with Crippen LogP contribution in [0.4, 0.5) is 10.1 Å². The first-order chi connectivity index (χ1) is 15.4. The highest BCUT2D eigenvalue weighted by atomic mass is 79.9. The van der Waals surface area contributed by atoms with Crippen LogP contribution in [0.1, 0.15) is 38.1 Å². The summed E-state index contributed by atoms with van der Waals surface area (Å²) in [5.74, 6) is 1.57. The third-order valence-electron chi connectivity index (χ3n) is 5.15. The van der Waals surface area contributed by atoms with Gasteiger partial charge in [-0.05, 0) is 58.7 Å². The van der Waals surface area contributed by atoms with Crippen molar-refractivity contribution in [1.82, 2.24) is 15.0 Å². The number of hydrogen-bond donors (Lipinski definition) is 0. The molecule has 0 N–H and O–H groups in total. The summed E-state index contributed by atoms with van der Waals surface area (Å²) in [5.41, 5.74) is 4.59. The second kappa shape index (κ2) is 9.61. The van der Waals surface area contributed by atoms with Crippen molar-refractivity contribution < 1.29 is 9.13 Å². The molecule has 5 nitrogen and oxygen atoms in total. The number of hydrogen-bond acceptors (Lipinski definition) is 5. The van der Waals surface area contributed by atoms with Crippen molar-refractivity contribution in [2.45, 2.75) is 33.3 Å². The fourth-order valence-corrected chi connectivity index (χ4v) is 3.85. The van der Waals surface area contributed by atoms with Gasteiger partial charge in [-0.1, -0.05) is 26.0 Å². The average Bonchev–Trinajstić information content (AvgIpc) is 2.80. The Labute approximate surface area is 195 Å². The molecule has 0 saturated carbocycles. The number of benzene rings is 1. The Morgan fingerprint density at radius 1 is 1.06 bits per heavy atom. The van der Waals surface area contributed by atoms with E-state index in [9.17, 15) is 4.39 Å². The zero-order valence-electron chi connectivity index (χ0n) is 18.2. The Hall–Kier alpha value is -3.06. The summed E-state index contributed by atoms with van der Waals surface area (Å²) in [7, 11) is 0. The predicted molar refractivity (Wildman–Crippen MR) is 128 cm³/mol. The van der Waals surface area contributed by atoms with E-state index < -0.39 is 0 Å². The number of aromatic nitrogens is 3. The largest absolute Gasteiger partial charge is 0.488 e. The molecule has 1 aromatic carbocycles. The molecule has 0 amide bonds. The fourth-order valence-electron chi connectivity index (χ4n) is 3.37. The summed E-state index contributed by atoms with van der Waals surface area (Å²) < 4.78 is 20.0. The highest BCUT2D eigenvalue weighted by Gasteiger charge is 2.20. The molecule has 0 fully saturated rings. The molecular weight excluding hydrogens is 471 g/mol. The van der Waals surface area contributed by atoms with Gasteiger partial charge in [0.2, 0.25) is 0 Å². The van der Waals surface area contributed by atoms with Crippen LogP contribution in [-0.2, 0) is 11.3 Å². The zero-order chi connectivity index (χ0) is 22.7. The lowest BCUT2D eigenvalue weighted by Crippen LogP contribution is -2.26. The molecule has 0 saturated heterocycles. The Morgan fingerprint density at radius 3 is 2.56 bits per heavy atom. The Bertz CT molecular complexity index is 1170. The minimum atomic E-state index is -0.252. The van der Waals surface area contributed by atoms with Crippen molar-refractivity contribution in [1.29, 1.82) is 0 Å². The van der Waals surface area contributed by atoms with E-state index in [1.165, 1.54) is 12.1 Å². The number of rotatable bonds is 6. The lowest BCUT2D eigenvalue weighted by Gasteiger charge is -2.30. The summed E-state index contributed by atoms with van der Waals surface area (Å²) in [6.07, 6.45) is 5.58. The molecule has 32 heavy (non-hydrogen) atoms. The first kappa shape index (κ1) is 22.1. The molecule has 0 unspecified atom stereocenters. The molecule has 0 radical (unpaired) electrons. The van der Waals surface area contributed by atoms with E-state index in [0.29, 0.717) is 13.2 Å². The maximum Gasteiger partial charge on any atom is 0.133 e. The van der Waals surface area contributed by atoms with Crippen molar-refractivity contribution in [2.24, 2.45) is 0 Å². The van der Waals surface area contributed by atoms with E-state index >= 15 is 0 Å². The number of nitrogens with zero attached hydrogens (tertiary/aromatic N) is 4. The van der Waals surface area contributed by atoms with Gasteiger partial charge in [-0.25, -0.2) is 14.4 Å². The summed E-state index contributed by atoms with van der Waals surface area (Å²) in [5, 5.41) is 0. The molecule has 1 aliphatic rings. The molecule has 2 aromatic heterocycles. The molecule has 0 bridgehead atoms. The van der Waals surface area contributed by atoms with Gasteiger partial charge < -0.3 is 9.64 Å². The van der Waals surface area contributed by atoms with Gasteiger partial charge in [-0.2, -0.15) is 0 Å². The fraction of sp³-hybridized carbons (Fsp3) is 0.240. The third kappa shape index (κ3) is 5.05. The molecule has 164 valence electrons. The number of ether oxygens (including phenoxy) is 1. The second-order valence-electron chi connectivity index (χ2n) is 7.91. The van der Waals surface area contributed by atoms with Crippen LogP contribution in [0.3, 0.4) is 0 Å². The van der Waals surface area contributed by atoms with Crippen LogP contribution < -0.4 is 4.90 Å². The maximum atomic E-state index is 13.1. The van der Waals surface area contributed by atoms with Crippen LogP contribution in [0, 0.1) is 5.82 Å². The molecule has 3 heterocycles. The van der Waals surface area contributed by atoms with Crippen LogP contribution in [0.5, 0.6) is 0 Å². The smallest absolute Gasteiger partial charge is 0.133 e. The lowest BCUT2D eigenvalue weighted by atomic mass is 10.1. The number of halogens is 2. The first-order valence-electron chi connectivity index (χ1n) is 10.4. The SMILES string of the molecule is CC1=CC(OCc2ccc(F)cc2)=C(Br)CN1c1ccnc(-c2ccnc(C(C)C)n2)c1. The lowest BCUT2D eigenvalue weighted by molar-refractivity contribution is 0.208. The molecule has 3 aromatic rings. The third-order valence-corrected chi connectivity index (χ3v) is 5.79. The molecule has 0 atom stereocenters. The number of pyridine rings is 1. The van der Waals surface area contributed by atoms with Gasteiger partial charge in [-0.3, -0.25) is 4.98 Å². The Balaban J connectivity index is 1.52. The Morgan fingerprint density at radius 2 is 1.81 bits per heavy atom. The monoisotopic (exact) mass is 494 g/mol. The van der Waals surface area contributed by atoms with Crippen LogP contribution in [0.25, 0.3) is 11.4 Å². The maximum absolute atomic E-state index is 13.1. The van der Waals surface area contributed by atoms with Gasteiger partial charge in [0.05, 0.1) is 22.4 Å².